The Kier molecular flexibility index (Phi) is 16.9. The SMILES string of the molecule is CCCCCCCC(=O)OCCOCCOC(=O)C(CC)CCCC. The molecule has 5 nitrogen and oxygen atoms in total. The zero-order valence-electron chi connectivity index (χ0n) is 16.5. The lowest BCUT2D eigenvalue weighted by Crippen LogP contribution is -2.20. The van der Waals surface area contributed by atoms with Gasteiger partial charge in [0.1, 0.15) is 13.2 Å². The Morgan fingerprint density at radius 3 is 2.04 bits per heavy atom. The first-order chi connectivity index (χ1) is 12.2. The van der Waals surface area contributed by atoms with Gasteiger partial charge in [-0.25, -0.2) is 0 Å². The van der Waals surface area contributed by atoms with Crippen LogP contribution in [0.5, 0.6) is 0 Å². The normalized spacial score (nSPS) is 12.0. The highest BCUT2D eigenvalue weighted by Crippen LogP contribution is 2.14. The largest absolute Gasteiger partial charge is 0.463 e. The molecule has 0 saturated heterocycles. The number of hydrogen-bond acceptors (Lipinski definition) is 5. The second-order valence-corrected chi connectivity index (χ2v) is 6.41. The summed E-state index contributed by atoms with van der Waals surface area (Å²) in [5, 5.41) is 0. The second kappa shape index (κ2) is 17.7. The van der Waals surface area contributed by atoms with Crippen molar-refractivity contribution in [3.63, 3.8) is 0 Å². The third-order valence-corrected chi connectivity index (χ3v) is 4.18. The molecule has 0 aromatic carbocycles. The van der Waals surface area contributed by atoms with Crippen molar-refractivity contribution in [1.82, 2.24) is 0 Å². The molecule has 0 aliphatic carbocycles. The van der Waals surface area contributed by atoms with E-state index in [4.69, 9.17) is 14.2 Å². The number of carbonyl (C=O) groups excluding carboxylic acids is 2. The van der Waals surface area contributed by atoms with Crippen LogP contribution in [0.2, 0.25) is 0 Å². The molecule has 1 unspecified atom stereocenters. The zero-order valence-corrected chi connectivity index (χ0v) is 16.5. The van der Waals surface area contributed by atoms with Crippen LogP contribution in [0.25, 0.3) is 0 Å². The average Bonchev–Trinajstić information content (AvgIpc) is 2.61. The van der Waals surface area contributed by atoms with Crippen molar-refractivity contribution in [2.24, 2.45) is 5.92 Å². The van der Waals surface area contributed by atoms with Crippen molar-refractivity contribution in [3.8, 4) is 0 Å². The van der Waals surface area contributed by atoms with E-state index >= 15 is 0 Å². The van der Waals surface area contributed by atoms with E-state index in [2.05, 4.69) is 13.8 Å². The third kappa shape index (κ3) is 14.9. The van der Waals surface area contributed by atoms with Crippen molar-refractivity contribution in [2.75, 3.05) is 26.4 Å². The van der Waals surface area contributed by atoms with Gasteiger partial charge < -0.3 is 14.2 Å². The average molecular weight is 359 g/mol. The van der Waals surface area contributed by atoms with Crippen molar-refractivity contribution in [1.29, 1.82) is 0 Å². The molecule has 0 bridgehead atoms. The number of esters is 2. The number of hydrogen-bond donors (Lipinski definition) is 0. The van der Waals surface area contributed by atoms with Gasteiger partial charge in [-0.1, -0.05) is 59.3 Å². The number of rotatable bonds is 17. The van der Waals surface area contributed by atoms with Crippen molar-refractivity contribution in [2.45, 2.75) is 85.0 Å². The molecule has 0 fully saturated rings. The standard InChI is InChI=1S/C20H38O5/c1-4-7-9-10-11-13-19(21)24-16-14-23-15-17-25-20(22)18(6-3)12-8-5-2/h18H,4-17H2,1-3H3. The van der Waals surface area contributed by atoms with Crippen molar-refractivity contribution < 1.29 is 23.8 Å². The molecule has 5 heteroatoms. The maximum Gasteiger partial charge on any atom is 0.308 e. The summed E-state index contributed by atoms with van der Waals surface area (Å²) < 4.78 is 15.7. The highest BCUT2D eigenvalue weighted by atomic mass is 16.6. The Labute approximate surface area is 153 Å². The fourth-order valence-electron chi connectivity index (χ4n) is 2.52. The number of carbonyl (C=O) groups is 2. The van der Waals surface area contributed by atoms with Crippen LogP contribution in [0.1, 0.15) is 85.0 Å². The molecule has 0 amide bonds. The summed E-state index contributed by atoms with van der Waals surface area (Å²) in [6.07, 6.45) is 9.92. The van der Waals surface area contributed by atoms with Crippen LogP contribution < -0.4 is 0 Å². The van der Waals surface area contributed by atoms with Gasteiger partial charge in [0.05, 0.1) is 19.1 Å². The summed E-state index contributed by atoms with van der Waals surface area (Å²) in [7, 11) is 0. The predicted molar refractivity (Wildman–Crippen MR) is 99.4 cm³/mol. The molecule has 0 heterocycles. The van der Waals surface area contributed by atoms with Gasteiger partial charge in [-0.2, -0.15) is 0 Å². The van der Waals surface area contributed by atoms with E-state index in [1.165, 1.54) is 19.3 Å². The van der Waals surface area contributed by atoms with E-state index < -0.39 is 0 Å². The van der Waals surface area contributed by atoms with Gasteiger partial charge in [0.2, 0.25) is 0 Å². The molecule has 0 aromatic rings. The molecule has 148 valence electrons. The monoisotopic (exact) mass is 358 g/mol. The maximum absolute atomic E-state index is 11.9. The van der Waals surface area contributed by atoms with Gasteiger partial charge >= 0.3 is 11.9 Å². The minimum absolute atomic E-state index is 0.00164. The highest BCUT2D eigenvalue weighted by Gasteiger charge is 2.16. The summed E-state index contributed by atoms with van der Waals surface area (Å²) in [5.41, 5.74) is 0. The molecule has 25 heavy (non-hydrogen) atoms. The van der Waals surface area contributed by atoms with E-state index in [-0.39, 0.29) is 31.1 Å². The summed E-state index contributed by atoms with van der Waals surface area (Å²) in [6.45, 7) is 7.49. The van der Waals surface area contributed by atoms with Crippen LogP contribution in [0.3, 0.4) is 0 Å². The molecule has 0 aliphatic rings. The first-order valence-electron chi connectivity index (χ1n) is 10.1. The minimum Gasteiger partial charge on any atom is -0.463 e. The summed E-state index contributed by atoms with van der Waals surface area (Å²) in [4.78, 5) is 23.4. The van der Waals surface area contributed by atoms with E-state index in [1.807, 2.05) is 6.92 Å². The van der Waals surface area contributed by atoms with Crippen LogP contribution in [-0.2, 0) is 23.8 Å². The Balaban J connectivity index is 3.48. The van der Waals surface area contributed by atoms with E-state index in [9.17, 15) is 9.59 Å². The quantitative estimate of drug-likeness (QED) is 0.279. The molecule has 0 rings (SSSR count). The molecule has 0 saturated carbocycles. The Morgan fingerprint density at radius 2 is 1.40 bits per heavy atom. The van der Waals surface area contributed by atoms with Crippen LogP contribution >= 0.6 is 0 Å². The topological polar surface area (TPSA) is 61.8 Å². The van der Waals surface area contributed by atoms with Gasteiger partial charge in [-0.05, 0) is 19.3 Å². The van der Waals surface area contributed by atoms with Crippen molar-refractivity contribution in [3.05, 3.63) is 0 Å². The van der Waals surface area contributed by atoms with Crippen LogP contribution in [0, 0.1) is 5.92 Å². The minimum atomic E-state index is -0.159. The maximum atomic E-state index is 11.9. The lowest BCUT2D eigenvalue weighted by atomic mass is 10.00. The molecule has 0 aliphatic heterocycles. The first kappa shape index (κ1) is 23.9. The molecule has 0 radical (unpaired) electrons. The highest BCUT2D eigenvalue weighted by molar-refractivity contribution is 5.72. The molecule has 0 aromatic heterocycles. The zero-order chi connectivity index (χ0) is 18.8. The van der Waals surface area contributed by atoms with E-state index in [0.717, 1.165) is 38.5 Å². The molecule has 0 spiro atoms. The smallest absolute Gasteiger partial charge is 0.308 e. The van der Waals surface area contributed by atoms with Gasteiger partial charge in [0, 0.05) is 6.42 Å². The van der Waals surface area contributed by atoms with Gasteiger partial charge in [-0.3, -0.25) is 9.59 Å². The number of ether oxygens (including phenoxy) is 3. The van der Waals surface area contributed by atoms with Crippen LogP contribution in [-0.4, -0.2) is 38.4 Å². The molecule has 0 N–H and O–H groups in total. The molecule has 1 atom stereocenters. The summed E-state index contributed by atoms with van der Waals surface area (Å²) >= 11 is 0. The Bertz CT molecular complexity index is 330. The lowest BCUT2D eigenvalue weighted by molar-refractivity contribution is -0.150. The Morgan fingerprint density at radius 1 is 0.760 bits per heavy atom. The first-order valence-corrected chi connectivity index (χ1v) is 10.1. The Hall–Kier alpha value is -1.10. The van der Waals surface area contributed by atoms with Gasteiger partial charge in [-0.15, -0.1) is 0 Å². The lowest BCUT2D eigenvalue weighted by Gasteiger charge is -2.13. The van der Waals surface area contributed by atoms with E-state index in [0.29, 0.717) is 19.6 Å². The fourth-order valence-corrected chi connectivity index (χ4v) is 2.52. The third-order valence-electron chi connectivity index (χ3n) is 4.18. The van der Waals surface area contributed by atoms with Gasteiger partial charge in [0.15, 0.2) is 0 Å². The van der Waals surface area contributed by atoms with Crippen LogP contribution in [0.15, 0.2) is 0 Å². The second-order valence-electron chi connectivity index (χ2n) is 6.41. The van der Waals surface area contributed by atoms with E-state index in [1.54, 1.807) is 0 Å². The van der Waals surface area contributed by atoms with Crippen LogP contribution in [0.4, 0.5) is 0 Å². The van der Waals surface area contributed by atoms with Gasteiger partial charge in [0.25, 0.3) is 0 Å². The fraction of sp³-hybridized carbons (Fsp3) is 0.900. The number of unbranched alkanes of at least 4 members (excludes halogenated alkanes) is 5. The van der Waals surface area contributed by atoms with Crippen molar-refractivity contribution >= 4 is 11.9 Å². The molecular formula is C20H38O5. The summed E-state index contributed by atoms with van der Waals surface area (Å²) in [6, 6.07) is 0. The molecular weight excluding hydrogens is 320 g/mol. The predicted octanol–water partition coefficient (Wildman–Crippen LogP) is 4.67. The summed E-state index contributed by atoms with van der Waals surface area (Å²) in [5.74, 6) is -0.291.